The summed E-state index contributed by atoms with van der Waals surface area (Å²) in [5.41, 5.74) is 3.46. The van der Waals surface area contributed by atoms with Crippen LogP contribution in [0.1, 0.15) is 35.6 Å². The first-order chi connectivity index (χ1) is 10.3. The lowest BCUT2D eigenvalue weighted by atomic mass is 9.91. The standard InChI is InChI=1S/C18H20N2O/c1-13-6-2-3-7-15(13)16(17-8-4-5-11-19-17)12-20-18(21)14-9-10-14/h2-8,11,14,16H,9-10,12H2,1H3,(H,20,21). The van der Waals surface area contributed by atoms with Gasteiger partial charge in [0.05, 0.1) is 0 Å². The lowest BCUT2D eigenvalue weighted by Crippen LogP contribution is -2.30. The summed E-state index contributed by atoms with van der Waals surface area (Å²) in [5, 5.41) is 3.09. The SMILES string of the molecule is Cc1ccccc1C(CNC(=O)C1CC1)c1ccccn1. The van der Waals surface area contributed by atoms with Crippen molar-refractivity contribution in [2.75, 3.05) is 6.54 Å². The Morgan fingerprint density at radius 3 is 2.67 bits per heavy atom. The molecule has 1 aliphatic carbocycles. The number of nitrogens with zero attached hydrogens (tertiary/aromatic N) is 1. The van der Waals surface area contributed by atoms with Crippen LogP contribution in [0.4, 0.5) is 0 Å². The normalized spacial score (nSPS) is 15.5. The number of benzene rings is 1. The molecular weight excluding hydrogens is 260 g/mol. The highest BCUT2D eigenvalue weighted by molar-refractivity contribution is 5.80. The van der Waals surface area contributed by atoms with Crippen LogP contribution >= 0.6 is 0 Å². The van der Waals surface area contributed by atoms with Crippen molar-refractivity contribution in [1.82, 2.24) is 10.3 Å². The van der Waals surface area contributed by atoms with Crippen molar-refractivity contribution in [3.05, 3.63) is 65.5 Å². The van der Waals surface area contributed by atoms with Gasteiger partial charge in [0, 0.05) is 30.3 Å². The third-order valence-corrected chi connectivity index (χ3v) is 4.04. The van der Waals surface area contributed by atoms with Gasteiger partial charge in [-0.3, -0.25) is 9.78 Å². The van der Waals surface area contributed by atoms with E-state index in [0.29, 0.717) is 6.54 Å². The molecule has 1 N–H and O–H groups in total. The van der Waals surface area contributed by atoms with Crippen molar-refractivity contribution in [2.45, 2.75) is 25.7 Å². The first kappa shape index (κ1) is 13.8. The van der Waals surface area contributed by atoms with E-state index in [2.05, 4.69) is 29.4 Å². The Labute approximate surface area is 125 Å². The molecule has 3 heteroatoms. The van der Waals surface area contributed by atoms with Crippen molar-refractivity contribution in [2.24, 2.45) is 5.92 Å². The second-order valence-corrected chi connectivity index (χ2v) is 5.68. The van der Waals surface area contributed by atoms with Gasteiger partial charge >= 0.3 is 0 Å². The van der Waals surface area contributed by atoms with Gasteiger partial charge in [0.15, 0.2) is 0 Å². The number of aromatic nitrogens is 1. The zero-order chi connectivity index (χ0) is 14.7. The summed E-state index contributed by atoms with van der Waals surface area (Å²) in [6, 6.07) is 14.3. The first-order valence-electron chi connectivity index (χ1n) is 7.50. The van der Waals surface area contributed by atoms with E-state index in [4.69, 9.17) is 0 Å². The van der Waals surface area contributed by atoms with Gasteiger partial charge in [-0.25, -0.2) is 0 Å². The topological polar surface area (TPSA) is 42.0 Å². The maximum atomic E-state index is 11.9. The minimum Gasteiger partial charge on any atom is -0.355 e. The summed E-state index contributed by atoms with van der Waals surface area (Å²) in [7, 11) is 0. The predicted molar refractivity (Wildman–Crippen MR) is 83.0 cm³/mol. The summed E-state index contributed by atoms with van der Waals surface area (Å²) in [5.74, 6) is 0.533. The lowest BCUT2D eigenvalue weighted by Gasteiger charge is -2.19. The summed E-state index contributed by atoms with van der Waals surface area (Å²) < 4.78 is 0. The Morgan fingerprint density at radius 2 is 2.00 bits per heavy atom. The number of nitrogens with one attached hydrogen (secondary N) is 1. The van der Waals surface area contributed by atoms with Crippen molar-refractivity contribution in [3.63, 3.8) is 0 Å². The minimum absolute atomic E-state index is 0.107. The number of carbonyl (C=O) groups is 1. The molecule has 108 valence electrons. The second-order valence-electron chi connectivity index (χ2n) is 5.68. The van der Waals surface area contributed by atoms with Crippen LogP contribution in [-0.4, -0.2) is 17.4 Å². The fraction of sp³-hybridized carbons (Fsp3) is 0.333. The summed E-state index contributed by atoms with van der Waals surface area (Å²) in [6.45, 7) is 2.71. The molecule has 1 heterocycles. The van der Waals surface area contributed by atoms with E-state index in [-0.39, 0.29) is 17.7 Å². The molecule has 1 atom stereocenters. The van der Waals surface area contributed by atoms with Crippen LogP contribution in [0.15, 0.2) is 48.7 Å². The zero-order valence-electron chi connectivity index (χ0n) is 12.3. The monoisotopic (exact) mass is 280 g/mol. The highest BCUT2D eigenvalue weighted by Crippen LogP contribution is 2.30. The van der Waals surface area contributed by atoms with Crippen LogP contribution in [0.25, 0.3) is 0 Å². The van der Waals surface area contributed by atoms with E-state index < -0.39 is 0 Å². The van der Waals surface area contributed by atoms with E-state index in [1.807, 2.05) is 36.5 Å². The van der Waals surface area contributed by atoms with Crippen LogP contribution in [0.5, 0.6) is 0 Å². The van der Waals surface area contributed by atoms with Gasteiger partial charge in [-0.2, -0.15) is 0 Å². The number of pyridine rings is 1. The average Bonchev–Trinajstić information content (AvgIpc) is 3.35. The maximum absolute atomic E-state index is 11.9. The molecular formula is C18H20N2O. The Kier molecular flexibility index (Phi) is 4.00. The molecule has 3 rings (SSSR count). The Morgan fingerprint density at radius 1 is 1.24 bits per heavy atom. The van der Waals surface area contributed by atoms with Gasteiger partial charge < -0.3 is 5.32 Å². The molecule has 1 fully saturated rings. The van der Waals surface area contributed by atoms with Gasteiger partial charge in [-0.15, -0.1) is 0 Å². The molecule has 21 heavy (non-hydrogen) atoms. The molecule has 0 aliphatic heterocycles. The third kappa shape index (κ3) is 3.30. The van der Waals surface area contributed by atoms with Gasteiger partial charge in [0.25, 0.3) is 0 Å². The maximum Gasteiger partial charge on any atom is 0.223 e. The lowest BCUT2D eigenvalue weighted by molar-refractivity contribution is -0.122. The fourth-order valence-electron chi connectivity index (χ4n) is 2.63. The minimum atomic E-state index is 0.107. The van der Waals surface area contributed by atoms with Crippen LogP contribution < -0.4 is 5.32 Å². The summed E-state index contributed by atoms with van der Waals surface area (Å²) >= 11 is 0. The summed E-state index contributed by atoms with van der Waals surface area (Å²) in [4.78, 5) is 16.4. The van der Waals surface area contributed by atoms with E-state index >= 15 is 0 Å². The molecule has 3 nitrogen and oxygen atoms in total. The molecule has 0 radical (unpaired) electrons. The molecule has 1 unspecified atom stereocenters. The number of amides is 1. The van der Waals surface area contributed by atoms with Crippen molar-refractivity contribution >= 4 is 5.91 Å². The van der Waals surface area contributed by atoms with E-state index in [1.165, 1.54) is 11.1 Å². The van der Waals surface area contributed by atoms with Crippen LogP contribution in [0.2, 0.25) is 0 Å². The number of rotatable bonds is 5. The van der Waals surface area contributed by atoms with E-state index in [0.717, 1.165) is 18.5 Å². The van der Waals surface area contributed by atoms with Gasteiger partial charge in [-0.05, 0) is 43.0 Å². The molecule has 1 amide bonds. The van der Waals surface area contributed by atoms with Gasteiger partial charge in [0.1, 0.15) is 0 Å². The zero-order valence-corrected chi connectivity index (χ0v) is 12.3. The highest BCUT2D eigenvalue weighted by Gasteiger charge is 2.30. The second kappa shape index (κ2) is 6.08. The smallest absolute Gasteiger partial charge is 0.223 e. The molecule has 1 saturated carbocycles. The molecule has 0 spiro atoms. The molecule has 2 aromatic rings. The highest BCUT2D eigenvalue weighted by atomic mass is 16.2. The van der Waals surface area contributed by atoms with Crippen molar-refractivity contribution < 1.29 is 4.79 Å². The summed E-state index contributed by atoms with van der Waals surface area (Å²) in [6.07, 6.45) is 3.87. The quantitative estimate of drug-likeness (QED) is 0.914. The molecule has 0 saturated heterocycles. The Balaban J connectivity index is 1.84. The molecule has 1 aliphatic rings. The number of aryl methyl sites for hydroxylation is 1. The first-order valence-corrected chi connectivity index (χ1v) is 7.50. The fourth-order valence-corrected chi connectivity index (χ4v) is 2.63. The number of hydrogen-bond acceptors (Lipinski definition) is 2. The predicted octanol–water partition coefficient (Wildman–Crippen LogP) is 3.05. The van der Waals surface area contributed by atoms with Crippen LogP contribution in [-0.2, 0) is 4.79 Å². The van der Waals surface area contributed by atoms with Crippen molar-refractivity contribution in [1.29, 1.82) is 0 Å². The molecule has 0 bridgehead atoms. The Hall–Kier alpha value is -2.16. The largest absolute Gasteiger partial charge is 0.355 e. The van der Waals surface area contributed by atoms with Crippen LogP contribution in [0, 0.1) is 12.8 Å². The van der Waals surface area contributed by atoms with E-state index in [1.54, 1.807) is 0 Å². The average molecular weight is 280 g/mol. The Bertz CT molecular complexity index is 620. The third-order valence-electron chi connectivity index (χ3n) is 4.04. The number of carbonyl (C=O) groups excluding carboxylic acids is 1. The van der Waals surface area contributed by atoms with Gasteiger partial charge in [-0.1, -0.05) is 30.3 Å². The van der Waals surface area contributed by atoms with E-state index in [9.17, 15) is 4.79 Å². The molecule has 1 aromatic heterocycles. The number of hydrogen-bond donors (Lipinski definition) is 1. The van der Waals surface area contributed by atoms with Crippen molar-refractivity contribution in [3.8, 4) is 0 Å². The molecule has 1 aromatic carbocycles. The van der Waals surface area contributed by atoms with Gasteiger partial charge in [0.2, 0.25) is 5.91 Å². The van der Waals surface area contributed by atoms with Crippen LogP contribution in [0.3, 0.4) is 0 Å².